The van der Waals surface area contributed by atoms with Crippen LogP contribution >= 0.6 is 27.7 Å². The molecule has 2 heterocycles. The number of aliphatic hydroxyl groups is 1. The Bertz CT molecular complexity index is 519. The van der Waals surface area contributed by atoms with Gasteiger partial charge in [0, 0.05) is 17.3 Å². The average molecular weight is 325 g/mol. The smallest absolute Gasteiger partial charge is 0.115 e. The summed E-state index contributed by atoms with van der Waals surface area (Å²) in [7, 11) is 0. The van der Waals surface area contributed by atoms with Crippen molar-refractivity contribution < 1.29 is 5.11 Å². The lowest BCUT2D eigenvalue weighted by molar-refractivity contribution is 0.169. The van der Waals surface area contributed by atoms with Crippen LogP contribution in [0.25, 0.3) is 0 Å². The highest BCUT2D eigenvalue weighted by atomic mass is 79.9. The molecule has 0 saturated heterocycles. The lowest BCUT2D eigenvalue weighted by atomic mass is 10.2. The summed E-state index contributed by atoms with van der Waals surface area (Å²) in [5.41, 5.74) is 0.710. The molecule has 0 spiro atoms. The fourth-order valence-electron chi connectivity index (χ4n) is 1.42. The number of hydrogen-bond acceptors (Lipinski definition) is 4. The SMILES string of the molecule is CCC(O)c1ccc(Sc2ncccc2Br)cn1. The third kappa shape index (κ3) is 3.31. The van der Waals surface area contributed by atoms with Gasteiger partial charge in [-0.05, 0) is 46.6 Å². The number of halogens is 1. The van der Waals surface area contributed by atoms with Crippen LogP contribution in [0.1, 0.15) is 25.1 Å². The first kappa shape index (κ1) is 13.5. The number of aliphatic hydroxyl groups excluding tert-OH is 1. The van der Waals surface area contributed by atoms with Crippen LogP contribution in [0.15, 0.2) is 51.1 Å². The monoisotopic (exact) mass is 324 g/mol. The number of aromatic nitrogens is 2. The van der Waals surface area contributed by atoms with Gasteiger partial charge in [0.2, 0.25) is 0 Å². The third-order valence-electron chi connectivity index (χ3n) is 2.43. The Labute approximate surface area is 119 Å². The summed E-state index contributed by atoms with van der Waals surface area (Å²) in [6.45, 7) is 1.93. The molecule has 1 atom stereocenters. The van der Waals surface area contributed by atoms with Crippen molar-refractivity contribution >= 4 is 27.7 Å². The molecule has 0 aromatic carbocycles. The van der Waals surface area contributed by atoms with Crippen molar-refractivity contribution in [3.05, 3.63) is 46.8 Å². The molecule has 0 aliphatic rings. The first-order chi connectivity index (χ1) is 8.70. The van der Waals surface area contributed by atoms with Crippen LogP contribution < -0.4 is 0 Å². The molecule has 3 nitrogen and oxygen atoms in total. The average Bonchev–Trinajstić information content (AvgIpc) is 2.41. The van der Waals surface area contributed by atoms with E-state index in [1.165, 1.54) is 0 Å². The second-order valence-electron chi connectivity index (χ2n) is 3.74. The summed E-state index contributed by atoms with van der Waals surface area (Å²) in [4.78, 5) is 9.55. The van der Waals surface area contributed by atoms with Crippen LogP contribution in [0.3, 0.4) is 0 Å². The highest BCUT2D eigenvalue weighted by molar-refractivity contribution is 9.10. The molecule has 0 radical (unpaired) electrons. The molecule has 1 N–H and O–H groups in total. The Morgan fingerprint density at radius 1 is 1.33 bits per heavy atom. The molecule has 0 amide bonds. The molecule has 1 unspecified atom stereocenters. The van der Waals surface area contributed by atoms with E-state index in [-0.39, 0.29) is 0 Å². The zero-order chi connectivity index (χ0) is 13.0. The lowest BCUT2D eigenvalue weighted by Crippen LogP contribution is -1.97. The minimum atomic E-state index is -0.481. The molecule has 5 heteroatoms. The maximum atomic E-state index is 9.66. The van der Waals surface area contributed by atoms with Crippen LogP contribution in [0.4, 0.5) is 0 Å². The second kappa shape index (κ2) is 6.31. The number of nitrogens with zero attached hydrogens (tertiary/aromatic N) is 2. The summed E-state index contributed by atoms with van der Waals surface area (Å²) in [6.07, 6.45) is 3.71. The van der Waals surface area contributed by atoms with Gasteiger partial charge in [-0.25, -0.2) is 4.98 Å². The quantitative estimate of drug-likeness (QED) is 0.928. The number of pyridine rings is 2. The standard InChI is InChI=1S/C13H13BrN2OS/c1-2-12(17)11-6-5-9(8-16-11)18-13-10(14)4-3-7-15-13/h3-8,12,17H,2H2,1H3. The van der Waals surface area contributed by atoms with Gasteiger partial charge in [-0.15, -0.1) is 0 Å². The molecular weight excluding hydrogens is 312 g/mol. The Kier molecular flexibility index (Phi) is 4.74. The van der Waals surface area contributed by atoms with Gasteiger partial charge in [0.25, 0.3) is 0 Å². The largest absolute Gasteiger partial charge is 0.387 e. The molecule has 18 heavy (non-hydrogen) atoms. The van der Waals surface area contributed by atoms with Gasteiger partial charge in [-0.2, -0.15) is 0 Å². The zero-order valence-corrected chi connectivity index (χ0v) is 12.3. The van der Waals surface area contributed by atoms with Crippen LogP contribution in [0.5, 0.6) is 0 Å². The van der Waals surface area contributed by atoms with Crippen molar-refractivity contribution in [3.63, 3.8) is 0 Å². The molecule has 0 fully saturated rings. The van der Waals surface area contributed by atoms with Crippen molar-refractivity contribution in [2.75, 3.05) is 0 Å². The minimum Gasteiger partial charge on any atom is -0.387 e. The van der Waals surface area contributed by atoms with Crippen molar-refractivity contribution in [1.29, 1.82) is 0 Å². The molecule has 0 aliphatic carbocycles. The molecule has 0 aliphatic heterocycles. The lowest BCUT2D eigenvalue weighted by Gasteiger charge is -2.07. The minimum absolute atomic E-state index is 0.481. The first-order valence-corrected chi connectivity index (χ1v) is 7.24. The first-order valence-electron chi connectivity index (χ1n) is 5.63. The van der Waals surface area contributed by atoms with Crippen molar-refractivity contribution in [1.82, 2.24) is 9.97 Å². The van der Waals surface area contributed by atoms with E-state index in [2.05, 4.69) is 25.9 Å². The van der Waals surface area contributed by atoms with Gasteiger partial charge in [0.05, 0.1) is 16.3 Å². The van der Waals surface area contributed by atoms with Crippen molar-refractivity contribution in [2.45, 2.75) is 29.4 Å². The summed E-state index contributed by atoms with van der Waals surface area (Å²) < 4.78 is 0.965. The molecule has 0 saturated carbocycles. The van der Waals surface area contributed by atoms with E-state index in [0.29, 0.717) is 12.1 Å². The van der Waals surface area contributed by atoms with Gasteiger partial charge in [0.15, 0.2) is 0 Å². The molecule has 94 valence electrons. The molecule has 2 aromatic heterocycles. The number of rotatable bonds is 4. The molecule has 0 bridgehead atoms. The van der Waals surface area contributed by atoms with Crippen molar-refractivity contribution in [2.24, 2.45) is 0 Å². The summed E-state index contributed by atoms with van der Waals surface area (Å²) in [5.74, 6) is 0. The highest BCUT2D eigenvalue weighted by Gasteiger charge is 2.07. The van der Waals surface area contributed by atoms with Gasteiger partial charge < -0.3 is 5.11 Å². The van der Waals surface area contributed by atoms with Gasteiger partial charge in [-0.1, -0.05) is 18.7 Å². The van der Waals surface area contributed by atoms with Gasteiger partial charge >= 0.3 is 0 Å². The maximum absolute atomic E-state index is 9.66. The predicted molar refractivity (Wildman–Crippen MR) is 75.5 cm³/mol. The normalized spacial score (nSPS) is 12.4. The molecule has 2 aromatic rings. The maximum Gasteiger partial charge on any atom is 0.115 e. The van der Waals surface area contributed by atoms with E-state index in [1.807, 2.05) is 31.2 Å². The van der Waals surface area contributed by atoms with Gasteiger partial charge in [-0.3, -0.25) is 4.98 Å². The summed E-state index contributed by atoms with van der Waals surface area (Å²) in [6, 6.07) is 7.64. The zero-order valence-electron chi connectivity index (χ0n) is 9.88. The fourth-order valence-corrected chi connectivity index (χ4v) is 2.66. The highest BCUT2D eigenvalue weighted by Crippen LogP contribution is 2.31. The topological polar surface area (TPSA) is 46.0 Å². The van der Waals surface area contributed by atoms with E-state index in [9.17, 15) is 5.11 Å². The van der Waals surface area contributed by atoms with E-state index < -0.39 is 6.10 Å². The van der Waals surface area contributed by atoms with Crippen LogP contribution in [0.2, 0.25) is 0 Å². The third-order valence-corrected chi connectivity index (χ3v) is 4.32. The Morgan fingerprint density at radius 2 is 2.17 bits per heavy atom. The predicted octanol–water partition coefficient (Wildman–Crippen LogP) is 3.83. The van der Waals surface area contributed by atoms with E-state index in [1.54, 1.807) is 24.2 Å². The van der Waals surface area contributed by atoms with Crippen LogP contribution in [0, 0.1) is 0 Å². The van der Waals surface area contributed by atoms with Crippen molar-refractivity contribution in [3.8, 4) is 0 Å². The molecular formula is C13H13BrN2OS. The second-order valence-corrected chi connectivity index (χ2v) is 5.65. The van der Waals surface area contributed by atoms with Crippen LogP contribution in [-0.4, -0.2) is 15.1 Å². The number of hydrogen-bond donors (Lipinski definition) is 1. The Morgan fingerprint density at radius 3 is 2.78 bits per heavy atom. The van der Waals surface area contributed by atoms with Crippen LogP contribution in [-0.2, 0) is 0 Å². The Hall–Kier alpha value is -0.910. The van der Waals surface area contributed by atoms with E-state index in [0.717, 1.165) is 14.4 Å². The summed E-state index contributed by atoms with van der Waals surface area (Å²) >= 11 is 5.00. The van der Waals surface area contributed by atoms with Gasteiger partial charge in [0.1, 0.15) is 5.03 Å². The fraction of sp³-hybridized carbons (Fsp3) is 0.231. The summed E-state index contributed by atoms with van der Waals surface area (Å²) in [5, 5.41) is 10.6. The van der Waals surface area contributed by atoms with E-state index in [4.69, 9.17) is 0 Å². The Balaban J connectivity index is 2.14. The molecule has 2 rings (SSSR count). The van der Waals surface area contributed by atoms with E-state index >= 15 is 0 Å².